The van der Waals surface area contributed by atoms with Gasteiger partial charge in [0.05, 0.1) is 24.0 Å². The van der Waals surface area contributed by atoms with Gasteiger partial charge in [0.1, 0.15) is 11.4 Å². The SMILES string of the molecule is N#CC[C@@H](C1CC1)n1nc(Nc2ccc([C@H](N3CCC3)C(F)(F)F)cc2)c2c(=O)[nH]ccc21. The summed E-state index contributed by atoms with van der Waals surface area (Å²) in [6.07, 6.45) is 0.278. The number of nitrogens with one attached hydrogen (secondary N) is 2. The van der Waals surface area contributed by atoms with Crippen molar-refractivity contribution in [2.24, 2.45) is 5.92 Å². The summed E-state index contributed by atoms with van der Waals surface area (Å²) in [5, 5.41) is 17.4. The molecule has 2 atom stereocenters. The van der Waals surface area contributed by atoms with Gasteiger partial charge >= 0.3 is 6.18 Å². The molecule has 7 nitrogen and oxygen atoms in total. The number of fused-ring (bicyclic) bond motifs is 1. The van der Waals surface area contributed by atoms with Crippen LogP contribution in [0.15, 0.2) is 41.3 Å². The lowest BCUT2D eigenvalue weighted by Gasteiger charge is -2.39. The summed E-state index contributed by atoms with van der Waals surface area (Å²) in [5.74, 6) is 0.665. The summed E-state index contributed by atoms with van der Waals surface area (Å²) >= 11 is 0. The van der Waals surface area contributed by atoms with Gasteiger partial charge in [-0.2, -0.15) is 23.5 Å². The molecule has 1 saturated heterocycles. The van der Waals surface area contributed by atoms with Crippen molar-refractivity contribution in [2.75, 3.05) is 18.4 Å². The van der Waals surface area contributed by atoms with Crippen LogP contribution < -0.4 is 10.9 Å². The number of hydrogen-bond donors (Lipinski definition) is 2. The minimum absolute atomic E-state index is 0.124. The summed E-state index contributed by atoms with van der Waals surface area (Å²) in [6.45, 7) is 0.864. The molecule has 1 aliphatic carbocycles. The van der Waals surface area contributed by atoms with Gasteiger partial charge in [-0.1, -0.05) is 12.1 Å². The number of aromatic nitrogens is 3. The predicted molar refractivity (Wildman–Crippen MR) is 117 cm³/mol. The van der Waals surface area contributed by atoms with E-state index in [1.54, 1.807) is 29.1 Å². The van der Waals surface area contributed by atoms with Crippen LogP contribution in [-0.4, -0.2) is 38.9 Å². The summed E-state index contributed by atoms with van der Waals surface area (Å²) in [6, 6.07) is 8.30. The lowest BCUT2D eigenvalue weighted by atomic mass is 10.0. The van der Waals surface area contributed by atoms with Crippen LogP contribution in [0.2, 0.25) is 0 Å². The van der Waals surface area contributed by atoms with Crippen molar-refractivity contribution in [1.82, 2.24) is 19.7 Å². The van der Waals surface area contributed by atoms with E-state index in [0.29, 0.717) is 41.4 Å². The molecule has 0 spiro atoms. The minimum Gasteiger partial charge on any atom is -0.338 e. The van der Waals surface area contributed by atoms with Gasteiger partial charge in [0, 0.05) is 25.0 Å². The van der Waals surface area contributed by atoms with E-state index < -0.39 is 12.2 Å². The number of alkyl halides is 3. The largest absolute Gasteiger partial charge is 0.408 e. The molecule has 1 saturated carbocycles. The van der Waals surface area contributed by atoms with E-state index in [4.69, 9.17) is 0 Å². The lowest BCUT2D eigenvalue weighted by Crippen LogP contribution is -2.46. The van der Waals surface area contributed by atoms with Crippen LogP contribution >= 0.6 is 0 Å². The molecule has 0 radical (unpaired) electrons. The van der Waals surface area contributed by atoms with Crippen LogP contribution in [0.1, 0.15) is 43.3 Å². The number of nitriles is 1. The molecule has 0 unspecified atom stereocenters. The fraction of sp³-hybridized carbons (Fsp3) is 0.435. The van der Waals surface area contributed by atoms with E-state index in [9.17, 15) is 23.2 Å². The minimum atomic E-state index is -4.35. The van der Waals surface area contributed by atoms with E-state index in [1.165, 1.54) is 17.0 Å². The Labute approximate surface area is 187 Å². The molecule has 1 aliphatic heterocycles. The van der Waals surface area contributed by atoms with Crippen molar-refractivity contribution in [3.05, 3.63) is 52.4 Å². The highest BCUT2D eigenvalue weighted by Crippen LogP contribution is 2.43. The molecule has 3 heterocycles. The molecule has 10 heteroatoms. The van der Waals surface area contributed by atoms with Gasteiger partial charge in [0.25, 0.3) is 5.56 Å². The van der Waals surface area contributed by atoms with Crippen molar-refractivity contribution in [3.63, 3.8) is 0 Å². The van der Waals surface area contributed by atoms with Gasteiger partial charge in [-0.15, -0.1) is 0 Å². The van der Waals surface area contributed by atoms with Crippen LogP contribution in [0.3, 0.4) is 0 Å². The summed E-state index contributed by atoms with van der Waals surface area (Å²) in [4.78, 5) is 16.7. The van der Waals surface area contributed by atoms with E-state index in [1.807, 2.05) is 0 Å². The zero-order valence-corrected chi connectivity index (χ0v) is 17.8. The van der Waals surface area contributed by atoms with Gasteiger partial charge in [-0.05, 0) is 48.9 Å². The van der Waals surface area contributed by atoms with Crippen LogP contribution in [0.5, 0.6) is 0 Å². The average Bonchev–Trinajstić information content (AvgIpc) is 3.51. The highest BCUT2D eigenvalue weighted by atomic mass is 19.4. The van der Waals surface area contributed by atoms with Crippen LogP contribution in [0.4, 0.5) is 24.7 Å². The van der Waals surface area contributed by atoms with Gasteiger partial charge in [-0.3, -0.25) is 14.4 Å². The number of halogens is 3. The van der Waals surface area contributed by atoms with Gasteiger partial charge in [-0.25, -0.2) is 0 Å². The smallest absolute Gasteiger partial charge is 0.338 e. The monoisotopic (exact) mass is 456 g/mol. The fourth-order valence-electron chi connectivity index (χ4n) is 4.56. The van der Waals surface area contributed by atoms with E-state index in [-0.39, 0.29) is 23.6 Å². The van der Waals surface area contributed by atoms with Crippen molar-refractivity contribution in [3.8, 4) is 6.07 Å². The topological polar surface area (TPSA) is 89.7 Å². The number of aromatic amines is 1. The van der Waals surface area contributed by atoms with Crippen LogP contribution in [0.25, 0.3) is 10.9 Å². The average molecular weight is 456 g/mol. The Morgan fingerprint density at radius 3 is 2.52 bits per heavy atom. The molecule has 5 rings (SSSR count). The van der Waals surface area contributed by atoms with Crippen molar-refractivity contribution in [1.29, 1.82) is 5.26 Å². The number of likely N-dealkylation sites (tertiary alicyclic amines) is 1. The Balaban J connectivity index is 1.47. The normalized spacial score (nSPS) is 18.5. The zero-order chi connectivity index (χ0) is 23.2. The number of H-pyrrole nitrogens is 1. The molecular weight excluding hydrogens is 433 g/mol. The lowest BCUT2D eigenvalue weighted by molar-refractivity contribution is -0.195. The molecule has 0 amide bonds. The van der Waals surface area contributed by atoms with Crippen molar-refractivity contribution >= 4 is 22.4 Å². The standard InChI is InChI=1S/C23H23F3N6O/c24-23(25,26)20(31-12-1-13-31)15-4-6-16(7-5-15)29-21-19-18(9-11-28-22(19)33)32(30-21)17(8-10-27)14-2-3-14/h4-7,9,11,14,17,20H,1-3,8,12-13H2,(H,28,33)(H,29,30)/t17-,20-/m0/s1. The van der Waals surface area contributed by atoms with E-state index in [2.05, 4.69) is 21.5 Å². The maximum atomic E-state index is 13.6. The quantitative estimate of drug-likeness (QED) is 0.541. The molecule has 33 heavy (non-hydrogen) atoms. The molecule has 0 bridgehead atoms. The predicted octanol–water partition coefficient (Wildman–Crippen LogP) is 4.64. The number of anilines is 2. The highest BCUT2D eigenvalue weighted by Gasteiger charge is 2.46. The van der Waals surface area contributed by atoms with Gasteiger partial charge in [0.2, 0.25) is 0 Å². The summed E-state index contributed by atoms with van der Waals surface area (Å²) < 4.78 is 42.6. The number of rotatable bonds is 7. The molecule has 2 aromatic heterocycles. The molecule has 2 N–H and O–H groups in total. The van der Waals surface area contributed by atoms with Crippen LogP contribution in [0, 0.1) is 17.2 Å². The summed E-state index contributed by atoms with van der Waals surface area (Å²) in [7, 11) is 0. The molecule has 1 aromatic carbocycles. The van der Waals surface area contributed by atoms with E-state index >= 15 is 0 Å². The second-order valence-electron chi connectivity index (χ2n) is 8.71. The molecule has 3 aromatic rings. The Bertz CT molecular complexity index is 1250. The van der Waals surface area contributed by atoms with Gasteiger partial charge < -0.3 is 10.3 Å². The Kier molecular flexibility index (Phi) is 5.37. The third-order valence-corrected chi connectivity index (χ3v) is 6.47. The van der Waals surface area contributed by atoms with Gasteiger partial charge in [0.15, 0.2) is 5.82 Å². The number of nitrogens with zero attached hydrogens (tertiary/aromatic N) is 4. The van der Waals surface area contributed by atoms with E-state index in [0.717, 1.165) is 19.3 Å². The number of benzene rings is 1. The molecule has 172 valence electrons. The first-order valence-electron chi connectivity index (χ1n) is 11.0. The first-order valence-corrected chi connectivity index (χ1v) is 11.0. The zero-order valence-electron chi connectivity index (χ0n) is 17.8. The summed E-state index contributed by atoms with van der Waals surface area (Å²) in [5.41, 5.74) is 1.02. The third-order valence-electron chi connectivity index (χ3n) is 6.47. The molecular formula is C23H23F3N6O. The second kappa shape index (κ2) is 8.23. The number of hydrogen-bond acceptors (Lipinski definition) is 5. The Morgan fingerprint density at radius 2 is 1.94 bits per heavy atom. The molecule has 2 fully saturated rings. The fourth-order valence-corrected chi connectivity index (χ4v) is 4.56. The van der Waals surface area contributed by atoms with Crippen molar-refractivity contribution < 1.29 is 13.2 Å². The third kappa shape index (κ3) is 4.09. The van der Waals surface area contributed by atoms with Crippen molar-refractivity contribution in [2.45, 2.75) is 43.9 Å². The highest BCUT2D eigenvalue weighted by molar-refractivity contribution is 5.91. The van der Waals surface area contributed by atoms with Crippen LogP contribution in [-0.2, 0) is 0 Å². The molecule has 2 aliphatic rings. The Morgan fingerprint density at radius 1 is 1.21 bits per heavy atom. The maximum Gasteiger partial charge on any atom is 0.408 e. The number of pyridine rings is 1. The first-order chi connectivity index (χ1) is 15.9. The first kappa shape index (κ1) is 21.5. The second-order valence-corrected chi connectivity index (χ2v) is 8.71. The maximum absolute atomic E-state index is 13.6. The Hall–Kier alpha value is -3.32.